The van der Waals surface area contributed by atoms with E-state index in [2.05, 4.69) is 4.98 Å². The minimum absolute atomic E-state index is 0.0441. The van der Waals surface area contributed by atoms with E-state index in [-0.39, 0.29) is 22.6 Å². The van der Waals surface area contributed by atoms with E-state index in [0.717, 1.165) is 5.69 Å². The summed E-state index contributed by atoms with van der Waals surface area (Å²) in [6, 6.07) is 9.08. The molecule has 4 nitrogen and oxygen atoms in total. The van der Waals surface area contributed by atoms with Crippen molar-refractivity contribution in [1.29, 1.82) is 0 Å². The van der Waals surface area contributed by atoms with Gasteiger partial charge in [-0.1, -0.05) is 12.1 Å². The summed E-state index contributed by atoms with van der Waals surface area (Å²) < 4.78 is 56.1. The molecule has 8 heteroatoms. The molecular weight excluding hydrogens is 376 g/mol. The second-order valence-electron chi connectivity index (χ2n) is 6.70. The predicted molar refractivity (Wildman–Crippen MR) is 98.0 cm³/mol. The first kappa shape index (κ1) is 18.3. The Hall–Kier alpha value is -3.03. The zero-order valence-corrected chi connectivity index (χ0v) is 14.9. The average Bonchev–Trinajstić information content (AvgIpc) is 3.05. The number of para-hydroxylation sites is 1. The van der Waals surface area contributed by atoms with Crippen LogP contribution in [0.1, 0.15) is 11.1 Å². The summed E-state index contributed by atoms with van der Waals surface area (Å²) in [4.78, 5) is 17.1. The smallest absolute Gasteiger partial charge is 0.422 e. The number of ether oxygens (including phenoxy) is 1. The molecule has 3 aromatic rings. The van der Waals surface area contributed by atoms with E-state index in [0.29, 0.717) is 35.2 Å². The fourth-order valence-electron chi connectivity index (χ4n) is 3.63. The molecule has 0 saturated heterocycles. The molecule has 28 heavy (non-hydrogen) atoms. The normalized spacial score (nSPS) is 13.8. The molecule has 4 rings (SSSR count). The third-order valence-electron chi connectivity index (χ3n) is 4.78. The highest BCUT2D eigenvalue weighted by Gasteiger charge is 2.30. The number of rotatable bonds is 3. The van der Waals surface area contributed by atoms with Crippen molar-refractivity contribution in [3.05, 3.63) is 63.7 Å². The van der Waals surface area contributed by atoms with Gasteiger partial charge in [-0.2, -0.15) is 13.2 Å². The topological polar surface area (TPSA) is 45.3 Å². The number of aryl methyl sites for hydroxylation is 1. The Morgan fingerprint density at radius 1 is 1.21 bits per heavy atom. The fourth-order valence-corrected chi connectivity index (χ4v) is 3.63. The molecular formula is C20H16F4N2O2. The van der Waals surface area contributed by atoms with Crippen LogP contribution in [0.25, 0.3) is 10.9 Å². The average molecular weight is 392 g/mol. The van der Waals surface area contributed by atoms with Crippen molar-refractivity contribution in [3.63, 3.8) is 0 Å². The molecule has 2 heterocycles. The predicted octanol–water partition coefficient (Wildman–Crippen LogP) is 4.61. The molecule has 0 bridgehead atoms. The minimum Gasteiger partial charge on any atom is -0.482 e. The number of pyridine rings is 1. The summed E-state index contributed by atoms with van der Waals surface area (Å²) in [5, 5.41) is 0.579. The fraction of sp³-hybridized carbons (Fsp3) is 0.250. The van der Waals surface area contributed by atoms with Gasteiger partial charge in [0.2, 0.25) is 0 Å². The zero-order valence-electron chi connectivity index (χ0n) is 14.9. The summed E-state index contributed by atoms with van der Waals surface area (Å²) >= 11 is 0. The van der Waals surface area contributed by atoms with E-state index in [1.54, 1.807) is 25.1 Å². The number of nitrogens with zero attached hydrogens (tertiary/aromatic N) is 1. The van der Waals surface area contributed by atoms with Crippen LogP contribution in [0.3, 0.4) is 0 Å². The molecule has 0 atom stereocenters. The first-order valence-electron chi connectivity index (χ1n) is 8.66. The molecule has 0 aliphatic carbocycles. The van der Waals surface area contributed by atoms with Gasteiger partial charge in [0, 0.05) is 23.2 Å². The van der Waals surface area contributed by atoms with E-state index in [1.165, 1.54) is 18.2 Å². The number of anilines is 2. The van der Waals surface area contributed by atoms with E-state index in [1.807, 2.05) is 4.90 Å². The number of halogens is 4. The molecule has 0 fully saturated rings. The third-order valence-corrected chi connectivity index (χ3v) is 4.78. The van der Waals surface area contributed by atoms with Crippen LogP contribution in [0, 0.1) is 12.7 Å². The van der Waals surface area contributed by atoms with Crippen molar-refractivity contribution in [1.82, 2.24) is 4.98 Å². The quantitative estimate of drug-likeness (QED) is 0.662. The molecule has 1 aliphatic heterocycles. The summed E-state index contributed by atoms with van der Waals surface area (Å²) in [6.45, 7) is 0.827. The van der Waals surface area contributed by atoms with Gasteiger partial charge in [0.05, 0.1) is 11.2 Å². The van der Waals surface area contributed by atoms with E-state index in [4.69, 9.17) is 4.74 Å². The molecule has 0 amide bonds. The van der Waals surface area contributed by atoms with Crippen molar-refractivity contribution in [2.45, 2.75) is 19.5 Å². The zero-order chi connectivity index (χ0) is 20.1. The monoisotopic (exact) mass is 392 g/mol. The standard InChI is InChI=1S/C20H16F4N2O2/c1-11-9-12(21)5-6-15(11)26-8-7-14-18(26)13-3-2-4-16(17(13)25-19(14)27)28-10-20(22,23)24/h2-6,9H,7-8,10H2,1H3,(H,25,27). The number of aromatic amines is 1. The molecule has 0 unspecified atom stereocenters. The van der Waals surface area contributed by atoms with Crippen LogP contribution in [0.4, 0.5) is 28.9 Å². The van der Waals surface area contributed by atoms with Crippen molar-refractivity contribution in [2.75, 3.05) is 18.1 Å². The Morgan fingerprint density at radius 3 is 2.71 bits per heavy atom. The van der Waals surface area contributed by atoms with Gasteiger partial charge in [-0.05, 0) is 43.2 Å². The Balaban J connectivity index is 1.88. The van der Waals surface area contributed by atoms with Gasteiger partial charge in [0.15, 0.2) is 6.61 Å². The maximum Gasteiger partial charge on any atom is 0.422 e. The number of hydrogen-bond donors (Lipinski definition) is 1. The van der Waals surface area contributed by atoms with E-state index in [9.17, 15) is 22.4 Å². The number of aromatic nitrogens is 1. The van der Waals surface area contributed by atoms with E-state index >= 15 is 0 Å². The van der Waals surface area contributed by atoms with Gasteiger partial charge in [0.1, 0.15) is 11.6 Å². The van der Waals surface area contributed by atoms with Gasteiger partial charge in [-0.25, -0.2) is 4.39 Å². The first-order chi connectivity index (χ1) is 13.2. The highest BCUT2D eigenvalue weighted by atomic mass is 19.4. The van der Waals surface area contributed by atoms with Crippen LogP contribution in [0.5, 0.6) is 5.75 Å². The summed E-state index contributed by atoms with van der Waals surface area (Å²) in [5.41, 5.74) is 2.45. The van der Waals surface area contributed by atoms with Gasteiger partial charge >= 0.3 is 6.18 Å². The lowest BCUT2D eigenvalue weighted by molar-refractivity contribution is -0.153. The molecule has 1 N–H and O–H groups in total. The van der Waals surface area contributed by atoms with Gasteiger partial charge in [-0.15, -0.1) is 0 Å². The first-order valence-corrected chi connectivity index (χ1v) is 8.66. The Bertz CT molecular complexity index is 1120. The minimum atomic E-state index is -4.49. The van der Waals surface area contributed by atoms with Crippen molar-refractivity contribution in [3.8, 4) is 5.75 Å². The van der Waals surface area contributed by atoms with Crippen molar-refractivity contribution in [2.24, 2.45) is 0 Å². The number of fused-ring (bicyclic) bond motifs is 3. The van der Waals surface area contributed by atoms with E-state index < -0.39 is 12.8 Å². The van der Waals surface area contributed by atoms with Crippen molar-refractivity contribution >= 4 is 22.3 Å². The lowest BCUT2D eigenvalue weighted by Crippen LogP contribution is -2.20. The molecule has 0 saturated carbocycles. The lowest BCUT2D eigenvalue weighted by Gasteiger charge is -2.23. The Labute approximate surface area is 157 Å². The molecule has 0 spiro atoms. The van der Waals surface area contributed by atoms with Gasteiger partial charge in [-0.3, -0.25) is 4.79 Å². The summed E-state index contributed by atoms with van der Waals surface area (Å²) in [5.74, 6) is -0.406. The number of alkyl halides is 3. The maximum absolute atomic E-state index is 13.5. The van der Waals surface area contributed by atoms with Crippen LogP contribution in [0.2, 0.25) is 0 Å². The number of hydrogen-bond acceptors (Lipinski definition) is 3. The SMILES string of the molecule is Cc1cc(F)ccc1N1CCc2c1c1cccc(OCC(F)(F)F)c1[nH]c2=O. The van der Waals surface area contributed by atoms with Gasteiger partial charge in [0.25, 0.3) is 5.56 Å². The van der Waals surface area contributed by atoms with Crippen LogP contribution in [-0.4, -0.2) is 24.3 Å². The summed E-state index contributed by atoms with van der Waals surface area (Å²) in [6.07, 6.45) is -4.01. The number of H-pyrrole nitrogens is 1. The van der Waals surface area contributed by atoms with Crippen LogP contribution in [-0.2, 0) is 6.42 Å². The second-order valence-corrected chi connectivity index (χ2v) is 6.70. The second kappa shape index (κ2) is 6.54. The molecule has 1 aromatic heterocycles. The highest BCUT2D eigenvalue weighted by Crippen LogP contribution is 2.41. The van der Waals surface area contributed by atoms with Crippen molar-refractivity contribution < 1.29 is 22.3 Å². The maximum atomic E-state index is 13.5. The van der Waals surface area contributed by atoms with Crippen LogP contribution >= 0.6 is 0 Å². The third kappa shape index (κ3) is 3.19. The highest BCUT2D eigenvalue weighted by molar-refractivity contribution is 5.99. The lowest BCUT2D eigenvalue weighted by atomic mass is 10.1. The molecule has 0 radical (unpaired) electrons. The Morgan fingerprint density at radius 2 is 2.00 bits per heavy atom. The number of nitrogens with one attached hydrogen (secondary N) is 1. The summed E-state index contributed by atoms with van der Waals surface area (Å²) in [7, 11) is 0. The molecule has 1 aliphatic rings. The largest absolute Gasteiger partial charge is 0.482 e. The van der Waals surface area contributed by atoms with Crippen LogP contribution in [0.15, 0.2) is 41.2 Å². The number of benzene rings is 2. The molecule has 146 valence electrons. The Kier molecular flexibility index (Phi) is 4.28. The van der Waals surface area contributed by atoms with Crippen LogP contribution < -0.4 is 15.2 Å². The molecule has 2 aromatic carbocycles. The van der Waals surface area contributed by atoms with Gasteiger partial charge < -0.3 is 14.6 Å².